The number of unbranched alkanes of at least 4 members (excludes halogenated alkanes) is 1. The van der Waals surface area contributed by atoms with Crippen molar-refractivity contribution in [1.29, 1.82) is 0 Å². The maximum absolute atomic E-state index is 11.7. The number of carbonyl (C=O) groups excluding carboxylic acids is 1. The van der Waals surface area contributed by atoms with Gasteiger partial charge in [0.05, 0.1) is 6.61 Å². The van der Waals surface area contributed by atoms with E-state index in [4.69, 9.17) is 4.74 Å². The third kappa shape index (κ3) is 6.41. The highest BCUT2D eigenvalue weighted by molar-refractivity contribution is 7.99. The zero-order valence-electron chi connectivity index (χ0n) is 11.1. The predicted molar refractivity (Wildman–Crippen MR) is 71.9 cm³/mol. The van der Waals surface area contributed by atoms with Crippen LogP contribution in [0.2, 0.25) is 0 Å². The Bertz CT molecular complexity index is 179. The van der Waals surface area contributed by atoms with Gasteiger partial charge in [0.2, 0.25) is 0 Å². The lowest BCUT2D eigenvalue weighted by Crippen LogP contribution is -2.22. The number of hydrogen-bond acceptors (Lipinski definition) is 3. The van der Waals surface area contributed by atoms with Gasteiger partial charge in [-0.05, 0) is 25.0 Å². The molecule has 0 aliphatic heterocycles. The molecule has 0 fully saturated rings. The average Bonchev–Trinajstić information content (AvgIpc) is 2.31. The second-order valence-electron chi connectivity index (χ2n) is 4.18. The smallest absolute Gasteiger partial charge is 0.319 e. The number of carbonyl (C=O) groups is 1. The first kappa shape index (κ1) is 15.8. The van der Waals surface area contributed by atoms with E-state index in [9.17, 15) is 4.79 Å². The summed E-state index contributed by atoms with van der Waals surface area (Å²) in [6.07, 6.45) is 7.54. The molecule has 0 saturated heterocycles. The van der Waals surface area contributed by atoms with Crippen molar-refractivity contribution >= 4 is 17.7 Å². The monoisotopic (exact) mass is 246 g/mol. The third-order valence-corrected chi connectivity index (χ3v) is 4.02. The summed E-state index contributed by atoms with van der Waals surface area (Å²) in [6, 6.07) is 0. The van der Waals surface area contributed by atoms with Crippen molar-refractivity contribution < 1.29 is 9.53 Å². The van der Waals surface area contributed by atoms with E-state index < -0.39 is 0 Å². The lowest BCUT2D eigenvalue weighted by Gasteiger charge is -2.17. The summed E-state index contributed by atoms with van der Waals surface area (Å²) in [5, 5.41) is 0.0173. The van der Waals surface area contributed by atoms with Crippen LogP contribution in [0.1, 0.15) is 52.9 Å². The van der Waals surface area contributed by atoms with Crippen molar-refractivity contribution in [2.24, 2.45) is 5.92 Å². The molecule has 0 aromatic carbocycles. The topological polar surface area (TPSA) is 26.3 Å². The number of hydrogen-bond donors (Lipinski definition) is 0. The summed E-state index contributed by atoms with van der Waals surface area (Å²) in [5.41, 5.74) is 0. The molecule has 0 radical (unpaired) electrons. The van der Waals surface area contributed by atoms with Crippen LogP contribution in [-0.4, -0.2) is 24.1 Å². The van der Waals surface area contributed by atoms with Crippen molar-refractivity contribution in [3.05, 3.63) is 0 Å². The minimum atomic E-state index is -0.0371. The van der Waals surface area contributed by atoms with Gasteiger partial charge in [0.15, 0.2) is 0 Å². The Labute approximate surface area is 105 Å². The van der Waals surface area contributed by atoms with Crippen LogP contribution < -0.4 is 0 Å². The molecule has 0 aliphatic carbocycles. The molecule has 2 atom stereocenters. The minimum absolute atomic E-state index is 0.0173. The van der Waals surface area contributed by atoms with Gasteiger partial charge in [-0.25, -0.2) is 0 Å². The maximum Gasteiger partial charge on any atom is 0.319 e. The Kier molecular flexibility index (Phi) is 9.89. The van der Waals surface area contributed by atoms with Crippen LogP contribution in [0.3, 0.4) is 0 Å². The van der Waals surface area contributed by atoms with Crippen molar-refractivity contribution in [2.75, 3.05) is 12.9 Å². The largest absolute Gasteiger partial charge is 0.465 e. The SMILES string of the molecule is CCCCC(CC)COC(=O)C(CC)SC. The molecule has 0 saturated carbocycles. The van der Waals surface area contributed by atoms with Gasteiger partial charge in [0.25, 0.3) is 0 Å². The van der Waals surface area contributed by atoms with Gasteiger partial charge >= 0.3 is 5.97 Å². The van der Waals surface area contributed by atoms with Crippen LogP contribution in [0.4, 0.5) is 0 Å². The first-order valence-corrected chi connectivity index (χ1v) is 7.67. The molecular formula is C13H26O2S. The van der Waals surface area contributed by atoms with Crippen molar-refractivity contribution in [1.82, 2.24) is 0 Å². The zero-order chi connectivity index (χ0) is 12.4. The van der Waals surface area contributed by atoms with E-state index in [0.29, 0.717) is 12.5 Å². The Morgan fingerprint density at radius 2 is 1.94 bits per heavy atom. The molecule has 2 nitrogen and oxygen atoms in total. The summed E-state index contributed by atoms with van der Waals surface area (Å²) in [4.78, 5) is 11.7. The van der Waals surface area contributed by atoms with Gasteiger partial charge in [-0.15, -0.1) is 0 Å². The Morgan fingerprint density at radius 3 is 2.38 bits per heavy atom. The molecule has 0 heterocycles. The molecule has 0 rings (SSSR count). The van der Waals surface area contributed by atoms with Crippen molar-refractivity contribution in [2.45, 2.75) is 58.1 Å². The first-order valence-electron chi connectivity index (χ1n) is 6.38. The number of rotatable bonds is 9. The standard InChI is InChI=1S/C13H26O2S/c1-5-8-9-11(6-2)10-15-13(14)12(7-3)16-4/h11-12H,5-10H2,1-4H3. The summed E-state index contributed by atoms with van der Waals surface area (Å²) < 4.78 is 5.38. The van der Waals surface area contributed by atoms with Crippen molar-refractivity contribution in [3.63, 3.8) is 0 Å². The molecule has 2 unspecified atom stereocenters. The molecular weight excluding hydrogens is 220 g/mol. The minimum Gasteiger partial charge on any atom is -0.465 e. The number of thioether (sulfide) groups is 1. The normalized spacial score (nSPS) is 14.5. The molecule has 0 aromatic rings. The fourth-order valence-corrected chi connectivity index (χ4v) is 2.21. The Hall–Kier alpha value is -0.180. The van der Waals surface area contributed by atoms with E-state index in [1.807, 2.05) is 13.2 Å². The van der Waals surface area contributed by atoms with E-state index >= 15 is 0 Å². The second-order valence-corrected chi connectivity index (χ2v) is 5.22. The Balaban J connectivity index is 3.86. The van der Waals surface area contributed by atoms with Gasteiger partial charge < -0.3 is 4.74 Å². The van der Waals surface area contributed by atoms with E-state index in [-0.39, 0.29) is 11.2 Å². The predicted octanol–water partition coefficient (Wildman–Crippen LogP) is 3.89. The fourth-order valence-electron chi connectivity index (χ4n) is 1.62. The average molecular weight is 246 g/mol. The molecule has 0 bridgehead atoms. The molecule has 0 spiro atoms. The lowest BCUT2D eigenvalue weighted by molar-refractivity contribution is -0.144. The van der Waals surface area contributed by atoms with Gasteiger partial charge in [-0.2, -0.15) is 11.8 Å². The van der Waals surface area contributed by atoms with Crippen LogP contribution >= 0.6 is 11.8 Å². The molecule has 0 aromatic heterocycles. The molecule has 0 aliphatic rings. The van der Waals surface area contributed by atoms with Gasteiger partial charge in [-0.1, -0.05) is 40.0 Å². The zero-order valence-corrected chi connectivity index (χ0v) is 11.9. The van der Waals surface area contributed by atoms with Crippen LogP contribution in [0, 0.1) is 5.92 Å². The highest BCUT2D eigenvalue weighted by Gasteiger charge is 2.17. The van der Waals surface area contributed by atoms with Crippen LogP contribution in [0.5, 0.6) is 0 Å². The van der Waals surface area contributed by atoms with Crippen LogP contribution in [0.15, 0.2) is 0 Å². The Morgan fingerprint density at radius 1 is 1.25 bits per heavy atom. The van der Waals surface area contributed by atoms with Gasteiger partial charge in [0, 0.05) is 0 Å². The maximum atomic E-state index is 11.7. The summed E-state index contributed by atoms with van der Waals surface area (Å²) in [7, 11) is 0. The summed E-state index contributed by atoms with van der Waals surface area (Å²) in [6.45, 7) is 6.99. The van der Waals surface area contributed by atoms with E-state index in [1.54, 1.807) is 11.8 Å². The quantitative estimate of drug-likeness (QED) is 0.577. The van der Waals surface area contributed by atoms with Crippen molar-refractivity contribution in [3.8, 4) is 0 Å². The third-order valence-electron chi connectivity index (χ3n) is 2.92. The summed E-state index contributed by atoms with van der Waals surface area (Å²) >= 11 is 1.58. The molecule has 16 heavy (non-hydrogen) atoms. The molecule has 0 amide bonds. The fraction of sp³-hybridized carbons (Fsp3) is 0.923. The molecule has 3 heteroatoms. The van der Waals surface area contributed by atoms with Crippen LogP contribution in [-0.2, 0) is 9.53 Å². The van der Waals surface area contributed by atoms with E-state index in [2.05, 4.69) is 13.8 Å². The lowest BCUT2D eigenvalue weighted by atomic mass is 10.0. The second kappa shape index (κ2) is 10.0. The highest BCUT2D eigenvalue weighted by Crippen LogP contribution is 2.16. The van der Waals surface area contributed by atoms with Crippen LogP contribution in [0.25, 0.3) is 0 Å². The number of esters is 1. The van der Waals surface area contributed by atoms with Gasteiger partial charge in [0.1, 0.15) is 5.25 Å². The molecule has 0 N–H and O–H groups in total. The van der Waals surface area contributed by atoms with Gasteiger partial charge in [-0.3, -0.25) is 4.79 Å². The van der Waals surface area contributed by atoms with E-state index in [0.717, 1.165) is 12.8 Å². The number of ether oxygens (including phenoxy) is 1. The first-order chi connectivity index (χ1) is 7.69. The van der Waals surface area contributed by atoms with E-state index in [1.165, 1.54) is 19.3 Å². The molecule has 96 valence electrons. The summed E-state index contributed by atoms with van der Waals surface area (Å²) in [5.74, 6) is 0.508. The highest BCUT2D eigenvalue weighted by atomic mass is 32.2.